The van der Waals surface area contributed by atoms with Crippen molar-refractivity contribution in [1.29, 1.82) is 0 Å². The van der Waals surface area contributed by atoms with Crippen LogP contribution >= 0.6 is 0 Å². The number of halogens is 1. The lowest BCUT2D eigenvalue weighted by Gasteiger charge is -2.28. The number of aromatic nitrogens is 2. The van der Waals surface area contributed by atoms with Gasteiger partial charge in [-0.05, 0) is 56.9 Å². The average molecular weight is 389 g/mol. The lowest BCUT2D eigenvalue weighted by Crippen LogP contribution is -2.41. The van der Waals surface area contributed by atoms with Gasteiger partial charge >= 0.3 is 6.01 Å². The molecule has 0 unspecified atom stereocenters. The van der Waals surface area contributed by atoms with Crippen LogP contribution < -0.4 is 19.5 Å². The van der Waals surface area contributed by atoms with Crippen LogP contribution in [0.1, 0.15) is 32.6 Å². The van der Waals surface area contributed by atoms with Gasteiger partial charge < -0.3 is 19.5 Å². The molecule has 0 radical (unpaired) electrons. The summed E-state index contributed by atoms with van der Waals surface area (Å²) in [6.07, 6.45) is 5.26. The molecule has 0 spiro atoms. The molecule has 7 nitrogen and oxygen atoms in total. The van der Waals surface area contributed by atoms with Crippen LogP contribution in [0.4, 0.5) is 4.39 Å². The summed E-state index contributed by atoms with van der Waals surface area (Å²) in [5.74, 6) is 0.741. The summed E-state index contributed by atoms with van der Waals surface area (Å²) in [5.41, 5.74) is 0. The minimum Gasteiger partial charge on any atom is -0.494 e. The van der Waals surface area contributed by atoms with Gasteiger partial charge in [0.25, 0.3) is 5.91 Å². The number of ether oxygens (including phenoxy) is 3. The maximum atomic E-state index is 12.8. The van der Waals surface area contributed by atoms with Crippen LogP contribution in [0.3, 0.4) is 0 Å². The zero-order valence-corrected chi connectivity index (χ0v) is 15.8. The topological polar surface area (TPSA) is 82.6 Å². The van der Waals surface area contributed by atoms with E-state index in [9.17, 15) is 9.18 Å². The average Bonchev–Trinajstić information content (AvgIpc) is 2.71. The minimum atomic E-state index is -0.494. The molecule has 1 N–H and O–H groups in total. The van der Waals surface area contributed by atoms with Crippen LogP contribution in [-0.4, -0.2) is 41.2 Å². The first-order chi connectivity index (χ1) is 13.6. The Morgan fingerprint density at radius 3 is 2.29 bits per heavy atom. The van der Waals surface area contributed by atoms with Crippen molar-refractivity contribution in [2.75, 3.05) is 13.2 Å². The Balaban J connectivity index is 1.35. The summed E-state index contributed by atoms with van der Waals surface area (Å²) >= 11 is 0. The van der Waals surface area contributed by atoms with Gasteiger partial charge in [0, 0.05) is 6.04 Å². The van der Waals surface area contributed by atoms with Crippen molar-refractivity contribution < 1.29 is 23.4 Å². The van der Waals surface area contributed by atoms with Gasteiger partial charge in [0.05, 0.1) is 19.0 Å². The molecule has 1 amide bonds. The molecule has 1 saturated carbocycles. The van der Waals surface area contributed by atoms with E-state index in [0.29, 0.717) is 12.4 Å². The van der Waals surface area contributed by atoms with Gasteiger partial charge in [-0.25, -0.2) is 14.4 Å². The molecule has 8 heteroatoms. The quantitative estimate of drug-likeness (QED) is 0.748. The van der Waals surface area contributed by atoms with E-state index in [1.165, 1.54) is 0 Å². The van der Waals surface area contributed by atoms with E-state index in [2.05, 4.69) is 15.3 Å². The first-order valence-electron chi connectivity index (χ1n) is 9.41. The van der Waals surface area contributed by atoms with Crippen molar-refractivity contribution in [2.45, 2.75) is 44.8 Å². The van der Waals surface area contributed by atoms with Gasteiger partial charge in [0.2, 0.25) is 0 Å². The maximum Gasteiger partial charge on any atom is 0.316 e. The van der Waals surface area contributed by atoms with Gasteiger partial charge in [-0.1, -0.05) is 0 Å². The molecule has 1 fully saturated rings. The standard InChI is InChI=1S/C20H24FN3O4/c1-2-26-16-7-9-17(10-8-16)27-13-19(25)24-15-3-5-18(6-4-15)28-20-22-11-14(21)12-23-20/h7-12,15,18H,2-6,13H2,1H3,(H,24,25). The number of hydrogen-bond acceptors (Lipinski definition) is 6. The van der Waals surface area contributed by atoms with E-state index in [4.69, 9.17) is 14.2 Å². The van der Waals surface area contributed by atoms with Crippen LogP contribution in [0.2, 0.25) is 0 Å². The molecule has 1 aromatic heterocycles. The van der Waals surface area contributed by atoms with E-state index in [0.717, 1.165) is 43.8 Å². The second-order valence-electron chi connectivity index (χ2n) is 6.54. The second-order valence-corrected chi connectivity index (χ2v) is 6.54. The summed E-state index contributed by atoms with van der Waals surface area (Å²) in [5, 5.41) is 2.99. The summed E-state index contributed by atoms with van der Waals surface area (Å²) in [7, 11) is 0. The lowest BCUT2D eigenvalue weighted by atomic mass is 9.93. The molecular formula is C20H24FN3O4. The number of carbonyl (C=O) groups excluding carboxylic acids is 1. The fraction of sp³-hybridized carbons (Fsp3) is 0.450. The highest BCUT2D eigenvalue weighted by Gasteiger charge is 2.24. The number of benzene rings is 1. The Labute approximate surface area is 163 Å². The van der Waals surface area contributed by atoms with Crippen molar-refractivity contribution in [3.8, 4) is 17.5 Å². The van der Waals surface area contributed by atoms with Crippen molar-refractivity contribution in [3.05, 3.63) is 42.5 Å². The van der Waals surface area contributed by atoms with E-state index < -0.39 is 5.82 Å². The lowest BCUT2D eigenvalue weighted by molar-refractivity contribution is -0.124. The van der Waals surface area contributed by atoms with Gasteiger partial charge in [-0.2, -0.15) is 0 Å². The van der Waals surface area contributed by atoms with Gasteiger partial charge in [0.1, 0.15) is 17.6 Å². The first kappa shape index (κ1) is 19.9. The number of rotatable bonds is 8. The Morgan fingerprint density at radius 1 is 1.07 bits per heavy atom. The molecular weight excluding hydrogens is 365 g/mol. The van der Waals surface area contributed by atoms with Gasteiger partial charge in [-0.15, -0.1) is 0 Å². The predicted octanol–water partition coefficient (Wildman–Crippen LogP) is 2.90. The third-order valence-electron chi connectivity index (χ3n) is 4.41. The monoisotopic (exact) mass is 389 g/mol. The molecule has 1 aliphatic rings. The molecule has 0 aliphatic heterocycles. The van der Waals surface area contributed by atoms with Crippen molar-refractivity contribution in [3.63, 3.8) is 0 Å². The Bertz CT molecular complexity index is 747. The second kappa shape index (κ2) is 9.87. The van der Waals surface area contributed by atoms with E-state index >= 15 is 0 Å². The number of hydrogen-bond donors (Lipinski definition) is 1. The van der Waals surface area contributed by atoms with E-state index in [1.54, 1.807) is 12.1 Å². The molecule has 28 heavy (non-hydrogen) atoms. The number of carbonyl (C=O) groups is 1. The molecule has 1 aliphatic carbocycles. The van der Waals surface area contributed by atoms with E-state index in [1.807, 2.05) is 19.1 Å². The number of amides is 1. The fourth-order valence-electron chi connectivity index (χ4n) is 3.05. The zero-order valence-electron chi connectivity index (χ0n) is 15.8. The number of nitrogens with zero attached hydrogens (tertiary/aromatic N) is 2. The number of nitrogens with one attached hydrogen (secondary N) is 1. The third-order valence-corrected chi connectivity index (χ3v) is 4.41. The normalized spacial score (nSPS) is 18.9. The van der Waals surface area contributed by atoms with E-state index in [-0.39, 0.29) is 30.7 Å². The molecule has 0 bridgehead atoms. The summed E-state index contributed by atoms with van der Waals surface area (Å²) in [6, 6.07) is 7.44. The molecule has 2 aromatic rings. The van der Waals surface area contributed by atoms with Gasteiger partial charge in [-0.3, -0.25) is 4.79 Å². The highest BCUT2D eigenvalue weighted by Crippen LogP contribution is 2.22. The smallest absolute Gasteiger partial charge is 0.316 e. The van der Waals surface area contributed by atoms with Crippen LogP contribution in [0.25, 0.3) is 0 Å². The predicted molar refractivity (Wildman–Crippen MR) is 99.9 cm³/mol. The van der Waals surface area contributed by atoms with Crippen LogP contribution in [0.15, 0.2) is 36.7 Å². The highest BCUT2D eigenvalue weighted by molar-refractivity contribution is 5.77. The van der Waals surface area contributed by atoms with Crippen molar-refractivity contribution in [1.82, 2.24) is 15.3 Å². The first-order valence-corrected chi connectivity index (χ1v) is 9.41. The highest BCUT2D eigenvalue weighted by atomic mass is 19.1. The van der Waals surface area contributed by atoms with Crippen LogP contribution in [0, 0.1) is 5.82 Å². The molecule has 1 aromatic carbocycles. The molecule has 150 valence electrons. The Kier molecular flexibility index (Phi) is 7.00. The molecule has 1 heterocycles. The molecule has 0 saturated heterocycles. The minimum absolute atomic E-state index is 0.0290. The zero-order chi connectivity index (χ0) is 19.8. The van der Waals surface area contributed by atoms with Crippen molar-refractivity contribution in [2.24, 2.45) is 0 Å². The largest absolute Gasteiger partial charge is 0.494 e. The Hall–Kier alpha value is -2.90. The molecule has 0 atom stereocenters. The van der Waals surface area contributed by atoms with Crippen LogP contribution in [0.5, 0.6) is 17.5 Å². The van der Waals surface area contributed by atoms with Crippen molar-refractivity contribution >= 4 is 5.91 Å². The summed E-state index contributed by atoms with van der Waals surface area (Å²) in [4.78, 5) is 19.7. The fourth-order valence-corrected chi connectivity index (χ4v) is 3.05. The third kappa shape index (κ3) is 6.07. The molecule has 3 rings (SSSR count). The van der Waals surface area contributed by atoms with Crippen LogP contribution in [-0.2, 0) is 4.79 Å². The summed E-state index contributed by atoms with van der Waals surface area (Å²) < 4.78 is 29.4. The Morgan fingerprint density at radius 2 is 1.68 bits per heavy atom. The summed E-state index contributed by atoms with van der Waals surface area (Å²) in [6.45, 7) is 2.49. The maximum absolute atomic E-state index is 12.8. The van der Waals surface area contributed by atoms with Gasteiger partial charge in [0.15, 0.2) is 12.4 Å². The SMILES string of the molecule is CCOc1ccc(OCC(=O)NC2CCC(Oc3ncc(F)cn3)CC2)cc1.